The summed E-state index contributed by atoms with van der Waals surface area (Å²) in [5.41, 5.74) is 0.0599. The fourth-order valence-corrected chi connectivity index (χ4v) is 1.91. The van der Waals surface area contributed by atoms with Crippen molar-refractivity contribution in [2.75, 3.05) is 25.0 Å². The largest absolute Gasteiger partial charge is 0.379 e. The lowest BCUT2D eigenvalue weighted by Gasteiger charge is -2.24. The van der Waals surface area contributed by atoms with Crippen molar-refractivity contribution < 1.29 is 9.31 Å². The van der Waals surface area contributed by atoms with Crippen LogP contribution in [-0.2, 0) is 0 Å². The van der Waals surface area contributed by atoms with E-state index in [1.165, 1.54) is 12.1 Å². The fourth-order valence-electron chi connectivity index (χ4n) is 1.91. The number of likely N-dealkylation sites (N-methyl/N-ethyl adjacent to an activating group) is 1. The van der Waals surface area contributed by atoms with Gasteiger partial charge in [0.15, 0.2) is 5.82 Å². The molecule has 0 aliphatic rings. The summed E-state index contributed by atoms with van der Waals surface area (Å²) in [5, 5.41) is 13.6. The molecule has 1 unspecified atom stereocenters. The molecule has 1 atom stereocenters. The molecular weight excluding hydrogens is 249 g/mol. The maximum Gasteiger partial charge on any atom is 0.272 e. The van der Waals surface area contributed by atoms with Gasteiger partial charge >= 0.3 is 0 Å². The molecule has 0 amide bonds. The van der Waals surface area contributed by atoms with Crippen LogP contribution in [0.1, 0.15) is 20.8 Å². The molecule has 5 nitrogen and oxygen atoms in total. The second kappa shape index (κ2) is 7.04. The quantitative estimate of drug-likeness (QED) is 0.611. The number of hydrogen-bond donors (Lipinski definition) is 1. The van der Waals surface area contributed by atoms with Gasteiger partial charge in [-0.2, -0.15) is 0 Å². The number of nitrogens with zero attached hydrogens (tertiary/aromatic N) is 2. The molecule has 0 spiro atoms. The van der Waals surface area contributed by atoms with E-state index >= 15 is 0 Å². The van der Waals surface area contributed by atoms with Gasteiger partial charge in [-0.15, -0.1) is 0 Å². The van der Waals surface area contributed by atoms with Crippen molar-refractivity contribution in [3.63, 3.8) is 0 Å². The minimum absolute atomic E-state index is 0.0656. The first-order valence-electron chi connectivity index (χ1n) is 6.40. The summed E-state index contributed by atoms with van der Waals surface area (Å²) in [6, 6.07) is 3.71. The molecular formula is C13H20FN3O2. The second-order valence-electron chi connectivity index (χ2n) is 4.45. The molecule has 1 N–H and O–H groups in total. The van der Waals surface area contributed by atoms with Gasteiger partial charge in [0, 0.05) is 18.7 Å². The van der Waals surface area contributed by atoms with E-state index in [0.29, 0.717) is 5.69 Å². The first-order chi connectivity index (χ1) is 8.97. The van der Waals surface area contributed by atoms with Crippen molar-refractivity contribution in [3.8, 4) is 0 Å². The standard InChI is InChI=1S/C13H20FN3O2/c1-4-16(5-2)9-10(3)15-13-7-6-11(17(18)19)8-12(13)14/h6-8,10,15H,4-5,9H2,1-3H3. The van der Waals surface area contributed by atoms with Crippen LogP contribution < -0.4 is 5.32 Å². The van der Waals surface area contributed by atoms with Gasteiger partial charge in [-0.3, -0.25) is 10.1 Å². The first-order valence-corrected chi connectivity index (χ1v) is 6.40. The highest BCUT2D eigenvalue weighted by Gasteiger charge is 2.13. The van der Waals surface area contributed by atoms with E-state index in [9.17, 15) is 14.5 Å². The van der Waals surface area contributed by atoms with Gasteiger partial charge in [-0.05, 0) is 26.1 Å². The van der Waals surface area contributed by atoms with Gasteiger partial charge in [0.1, 0.15) is 0 Å². The average Bonchev–Trinajstić information content (AvgIpc) is 2.38. The van der Waals surface area contributed by atoms with Crippen molar-refractivity contribution in [2.45, 2.75) is 26.8 Å². The molecule has 0 saturated carbocycles. The highest BCUT2D eigenvalue weighted by atomic mass is 19.1. The zero-order valence-electron chi connectivity index (χ0n) is 11.5. The molecule has 1 aromatic carbocycles. The van der Waals surface area contributed by atoms with E-state index in [4.69, 9.17) is 0 Å². The minimum Gasteiger partial charge on any atom is -0.379 e. The SMILES string of the molecule is CCN(CC)CC(C)Nc1ccc([N+](=O)[O-])cc1F. The molecule has 0 bridgehead atoms. The lowest BCUT2D eigenvalue weighted by atomic mass is 10.2. The molecule has 0 radical (unpaired) electrons. The zero-order chi connectivity index (χ0) is 14.4. The summed E-state index contributed by atoms with van der Waals surface area (Å²) < 4.78 is 13.7. The predicted octanol–water partition coefficient (Wildman–Crippen LogP) is 2.88. The Morgan fingerprint density at radius 3 is 2.53 bits per heavy atom. The van der Waals surface area contributed by atoms with Gasteiger partial charge < -0.3 is 10.2 Å². The van der Waals surface area contributed by atoms with Gasteiger partial charge in [0.05, 0.1) is 16.7 Å². The maximum absolute atomic E-state index is 13.7. The average molecular weight is 269 g/mol. The number of nitro benzene ring substituents is 1. The third kappa shape index (κ3) is 4.48. The lowest BCUT2D eigenvalue weighted by Crippen LogP contribution is -2.34. The number of benzene rings is 1. The van der Waals surface area contributed by atoms with Crippen molar-refractivity contribution in [1.29, 1.82) is 0 Å². The first kappa shape index (κ1) is 15.4. The Morgan fingerprint density at radius 1 is 1.42 bits per heavy atom. The van der Waals surface area contributed by atoms with E-state index in [1.54, 1.807) is 0 Å². The highest BCUT2D eigenvalue weighted by Crippen LogP contribution is 2.21. The maximum atomic E-state index is 13.7. The molecule has 0 aromatic heterocycles. The topological polar surface area (TPSA) is 58.4 Å². The summed E-state index contributed by atoms with van der Waals surface area (Å²) in [6.07, 6.45) is 0. The second-order valence-corrected chi connectivity index (χ2v) is 4.45. The molecule has 0 aliphatic carbocycles. The Bertz CT molecular complexity index is 436. The Balaban J connectivity index is 2.69. The number of non-ortho nitro benzene ring substituents is 1. The minimum atomic E-state index is -0.605. The summed E-state index contributed by atoms with van der Waals surface area (Å²) in [7, 11) is 0. The van der Waals surface area contributed by atoms with Crippen molar-refractivity contribution in [3.05, 3.63) is 34.1 Å². The molecule has 1 aromatic rings. The van der Waals surface area contributed by atoms with Crippen LogP contribution in [0.25, 0.3) is 0 Å². The van der Waals surface area contributed by atoms with Gasteiger partial charge in [-0.1, -0.05) is 13.8 Å². The number of halogens is 1. The Kier molecular flexibility index (Phi) is 5.69. The third-order valence-electron chi connectivity index (χ3n) is 2.99. The summed E-state index contributed by atoms with van der Waals surface area (Å²) in [6.45, 7) is 8.77. The van der Waals surface area contributed by atoms with Gasteiger partial charge in [0.2, 0.25) is 0 Å². The summed E-state index contributed by atoms with van der Waals surface area (Å²) in [5.74, 6) is -0.597. The zero-order valence-corrected chi connectivity index (χ0v) is 11.5. The Morgan fingerprint density at radius 2 is 2.05 bits per heavy atom. The normalized spacial score (nSPS) is 12.5. The van der Waals surface area contributed by atoms with Crippen molar-refractivity contribution in [2.24, 2.45) is 0 Å². The Hall–Kier alpha value is -1.69. The number of rotatable bonds is 7. The molecule has 0 heterocycles. The molecule has 106 valence electrons. The summed E-state index contributed by atoms with van der Waals surface area (Å²) in [4.78, 5) is 12.1. The van der Waals surface area contributed by atoms with E-state index < -0.39 is 10.7 Å². The molecule has 0 saturated heterocycles. The molecule has 6 heteroatoms. The van der Waals surface area contributed by atoms with Crippen molar-refractivity contribution in [1.82, 2.24) is 4.90 Å². The molecule has 0 fully saturated rings. The van der Waals surface area contributed by atoms with Crippen LogP contribution in [0.2, 0.25) is 0 Å². The lowest BCUT2D eigenvalue weighted by molar-refractivity contribution is -0.385. The van der Waals surface area contributed by atoms with E-state index in [-0.39, 0.29) is 11.7 Å². The molecule has 0 aliphatic heterocycles. The van der Waals surface area contributed by atoms with Crippen LogP contribution in [0.5, 0.6) is 0 Å². The highest BCUT2D eigenvalue weighted by molar-refractivity contribution is 5.50. The smallest absolute Gasteiger partial charge is 0.272 e. The van der Waals surface area contributed by atoms with Crippen molar-refractivity contribution >= 4 is 11.4 Å². The number of anilines is 1. The number of nitrogens with one attached hydrogen (secondary N) is 1. The van der Waals surface area contributed by atoms with E-state index in [2.05, 4.69) is 24.1 Å². The number of hydrogen-bond acceptors (Lipinski definition) is 4. The molecule has 1 rings (SSSR count). The van der Waals surface area contributed by atoms with Crippen LogP contribution in [0.15, 0.2) is 18.2 Å². The van der Waals surface area contributed by atoms with Crippen LogP contribution in [-0.4, -0.2) is 35.5 Å². The fraction of sp³-hybridized carbons (Fsp3) is 0.538. The van der Waals surface area contributed by atoms with E-state index in [0.717, 1.165) is 25.7 Å². The summed E-state index contributed by atoms with van der Waals surface area (Å²) >= 11 is 0. The predicted molar refractivity (Wildman–Crippen MR) is 73.9 cm³/mol. The van der Waals surface area contributed by atoms with E-state index in [1.807, 2.05) is 6.92 Å². The van der Waals surface area contributed by atoms with Gasteiger partial charge in [0.25, 0.3) is 5.69 Å². The Labute approximate surface area is 112 Å². The van der Waals surface area contributed by atoms with Gasteiger partial charge in [-0.25, -0.2) is 4.39 Å². The van der Waals surface area contributed by atoms with Crippen LogP contribution in [0.4, 0.5) is 15.8 Å². The van der Waals surface area contributed by atoms with Crippen LogP contribution >= 0.6 is 0 Å². The third-order valence-corrected chi connectivity index (χ3v) is 2.99. The van der Waals surface area contributed by atoms with Crippen LogP contribution in [0.3, 0.4) is 0 Å². The monoisotopic (exact) mass is 269 g/mol. The number of nitro groups is 1. The van der Waals surface area contributed by atoms with Crippen LogP contribution in [0, 0.1) is 15.9 Å². The molecule has 19 heavy (non-hydrogen) atoms.